The summed E-state index contributed by atoms with van der Waals surface area (Å²) < 4.78 is 40.6. The molecule has 2 aromatic carbocycles. The lowest BCUT2D eigenvalue weighted by atomic mass is 9.98. The largest absolute Gasteiger partial charge is 0.417 e. The van der Waals surface area contributed by atoms with Crippen LogP contribution in [0.3, 0.4) is 0 Å². The summed E-state index contributed by atoms with van der Waals surface area (Å²) in [6, 6.07) is 11.5. The topological polar surface area (TPSA) is 78.4 Å². The molecule has 30 heavy (non-hydrogen) atoms. The van der Waals surface area contributed by atoms with E-state index in [4.69, 9.17) is 0 Å². The second kappa shape index (κ2) is 9.30. The van der Waals surface area contributed by atoms with Crippen molar-refractivity contribution in [1.29, 1.82) is 0 Å². The molecule has 0 heterocycles. The quantitative estimate of drug-likeness (QED) is 0.641. The van der Waals surface area contributed by atoms with Crippen LogP contribution in [0, 0.1) is 5.92 Å². The van der Waals surface area contributed by atoms with Crippen LogP contribution >= 0.6 is 0 Å². The van der Waals surface area contributed by atoms with E-state index in [1.807, 2.05) is 0 Å². The maximum absolute atomic E-state index is 13.5. The fourth-order valence-corrected chi connectivity index (χ4v) is 3.70. The van der Waals surface area contributed by atoms with Crippen molar-refractivity contribution in [2.24, 2.45) is 5.92 Å². The summed E-state index contributed by atoms with van der Waals surface area (Å²) in [5, 5.41) is 14.6. The third kappa shape index (κ3) is 5.38. The highest BCUT2D eigenvalue weighted by Crippen LogP contribution is 2.38. The maximum atomic E-state index is 13.5. The van der Waals surface area contributed by atoms with Crippen molar-refractivity contribution < 1.29 is 27.9 Å². The number of benzene rings is 2. The fourth-order valence-electron chi connectivity index (χ4n) is 3.70. The van der Waals surface area contributed by atoms with Gasteiger partial charge < -0.3 is 15.7 Å². The normalized spacial score (nSPS) is 15.6. The van der Waals surface area contributed by atoms with E-state index in [1.165, 1.54) is 12.1 Å². The van der Waals surface area contributed by atoms with Crippen molar-refractivity contribution in [2.75, 3.05) is 11.9 Å². The summed E-state index contributed by atoms with van der Waals surface area (Å²) in [7, 11) is 0. The smallest absolute Gasteiger partial charge is 0.391 e. The van der Waals surface area contributed by atoms with Crippen LogP contribution in [0.25, 0.3) is 11.1 Å². The Hall–Kier alpha value is -2.87. The van der Waals surface area contributed by atoms with Crippen LogP contribution in [0.15, 0.2) is 48.5 Å². The van der Waals surface area contributed by atoms with Gasteiger partial charge in [-0.2, -0.15) is 13.2 Å². The Kier molecular flexibility index (Phi) is 6.77. The van der Waals surface area contributed by atoms with Crippen LogP contribution in [-0.4, -0.2) is 29.6 Å². The molecule has 0 spiro atoms. The number of hydrogen-bond acceptors (Lipinski definition) is 3. The van der Waals surface area contributed by atoms with Crippen molar-refractivity contribution in [3.8, 4) is 11.1 Å². The van der Waals surface area contributed by atoms with Crippen LogP contribution in [0.1, 0.15) is 31.2 Å². The minimum Gasteiger partial charge on any atom is -0.391 e. The molecule has 1 aliphatic rings. The van der Waals surface area contributed by atoms with E-state index in [2.05, 4.69) is 10.6 Å². The van der Waals surface area contributed by atoms with Crippen molar-refractivity contribution in [2.45, 2.75) is 38.0 Å². The number of aliphatic hydroxyl groups is 1. The molecular weight excluding hydrogens is 397 g/mol. The summed E-state index contributed by atoms with van der Waals surface area (Å²) in [6.45, 7) is -0.0718. The standard InChI is InChI=1S/C22H23F3N2O3/c23-22(24,25)18-12-16(10-11-17(18)14-6-2-1-3-7-14)27-21(30)20(29)26-13-19(28)15-8-4-5-9-15/h1-3,6-7,10-12,15,19,28H,4-5,8-9,13H2,(H,26,29)(H,27,30). The molecule has 1 aliphatic carbocycles. The first kappa shape index (κ1) is 21.8. The predicted octanol–water partition coefficient (Wildman–Crippen LogP) is 3.98. The molecule has 0 aliphatic heterocycles. The molecule has 8 heteroatoms. The molecule has 0 radical (unpaired) electrons. The monoisotopic (exact) mass is 420 g/mol. The first-order chi connectivity index (χ1) is 14.3. The number of alkyl halides is 3. The fraction of sp³-hybridized carbons (Fsp3) is 0.364. The Morgan fingerprint density at radius 3 is 2.33 bits per heavy atom. The molecule has 3 rings (SSSR count). The van der Waals surface area contributed by atoms with E-state index in [0.29, 0.717) is 5.56 Å². The molecule has 160 valence electrons. The van der Waals surface area contributed by atoms with Gasteiger partial charge >= 0.3 is 18.0 Å². The first-order valence-corrected chi connectivity index (χ1v) is 9.79. The second-order valence-corrected chi connectivity index (χ2v) is 7.40. The van der Waals surface area contributed by atoms with Gasteiger partial charge in [0, 0.05) is 12.2 Å². The van der Waals surface area contributed by atoms with Crippen LogP contribution in [0.5, 0.6) is 0 Å². The average molecular weight is 420 g/mol. The number of aliphatic hydroxyl groups excluding tert-OH is 1. The predicted molar refractivity (Wildman–Crippen MR) is 106 cm³/mol. The number of rotatable bonds is 5. The highest BCUT2D eigenvalue weighted by Gasteiger charge is 2.34. The number of amides is 2. The Morgan fingerprint density at radius 1 is 1.03 bits per heavy atom. The van der Waals surface area contributed by atoms with E-state index in [0.717, 1.165) is 31.7 Å². The number of carbonyl (C=O) groups is 2. The van der Waals surface area contributed by atoms with Crippen molar-refractivity contribution in [3.05, 3.63) is 54.1 Å². The van der Waals surface area contributed by atoms with Gasteiger partial charge in [0.2, 0.25) is 0 Å². The highest BCUT2D eigenvalue weighted by molar-refractivity contribution is 6.39. The SMILES string of the molecule is O=C(NCC(O)C1CCCC1)C(=O)Nc1ccc(-c2ccccc2)c(C(F)(F)F)c1. The van der Waals surface area contributed by atoms with Crippen LogP contribution < -0.4 is 10.6 Å². The molecule has 0 bridgehead atoms. The molecule has 2 aromatic rings. The van der Waals surface area contributed by atoms with Gasteiger partial charge in [-0.1, -0.05) is 49.2 Å². The third-order valence-corrected chi connectivity index (χ3v) is 5.29. The molecule has 1 saturated carbocycles. The van der Waals surface area contributed by atoms with E-state index >= 15 is 0 Å². The average Bonchev–Trinajstić information content (AvgIpc) is 3.26. The Morgan fingerprint density at radius 2 is 1.70 bits per heavy atom. The Balaban J connectivity index is 1.68. The molecule has 3 N–H and O–H groups in total. The molecule has 1 atom stereocenters. The number of halogens is 3. The zero-order valence-electron chi connectivity index (χ0n) is 16.2. The van der Waals surface area contributed by atoms with Crippen LogP contribution in [-0.2, 0) is 15.8 Å². The third-order valence-electron chi connectivity index (χ3n) is 5.29. The van der Waals surface area contributed by atoms with E-state index in [-0.39, 0.29) is 23.7 Å². The molecule has 1 fully saturated rings. The molecule has 2 amide bonds. The summed E-state index contributed by atoms with van der Waals surface area (Å²) in [5.74, 6) is -2.00. The Bertz CT molecular complexity index is 894. The van der Waals surface area contributed by atoms with E-state index < -0.39 is 29.7 Å². The lowest BCUT2D eigenvalue weighted by Crippen LogP contribution is -2.41. The van der Waals surface area contributed by atoms with Gasteiger partial charge in [-0.3, -0.25) is 9.59 Å². The van der Waals surface area contributed by atoms with Crippen LogP contribution in [0.4, 0.5) is 18.9 Å². The molecule has 1 unspecified atom stereocenters. The van der Waals surface area contributed by atoms with E-state index in [1.54, 1.807) is 30.3 Å². The van der Waals surface area contributed by atoms with Gasteiger partial charge in [-0.05, 0) is 42.0 Å². The molecule has 0 aromatic heterocycles. The Labute approximate surface area is 172 Å². The minimum absolute atomic E-state index is 0.0229. The second-order valence-electron chi connectivity index (χ2n) is 7.40. The summed E-state index contributed by atoms with van der Waals surface area (Å²) in [6.07, 6.45) is -1.59. The zero-order chi connectivity index (χ0) is 21.7. The summed E-state index contributed by atoms with van der Waals surface area (Å²) >= 11 is 0. The maximum Gasteiger partial charge on any atom is 0.417 e. The highest BCUT2D eigenvalue weighted by atomic mass is 19.4. The van der Waals surface area contributed by atoms with Gasteiger partial charge in [0.05, 0.1) is 11.7 Å². The first-order valence-electron chi connectivity index (χ1n) is 9.79. The van der Waals surface area contributed by atoms with E-state index in [9.17, 15) is 27.9 Å². The summed E-state index contributed by atoms with van der Waals surface area (Å²) in [5.41, 5.74) is -0.686. The number of nitrogens with one attached hydrogen (secondary N) is 2. The lowest BCUT2D eigenvalue weighted by molar-refractivity contribution is -0.137. The van der Waals surface area contributed by atoms with Gasteiger partial charge in [0.15, 0.2) is 0 Å². The molecular formula is C22H23F3N2O3. The summed E-state index contributed by atoms with van der Waals surface area (Å²) in [4.78, 5) is 24.1. The van der Waals surface area contributed by atoms with Crippen LogP contribution in [0.2, 0.25) is 0 Å². The lowest BCUT2D eigenvalue weighted by Gasteiger charge is -2.18. The minimum atomic E-state index is -4.64. The van der Waals surface area contributed by atoms with Gasteiger partial charge in [-0.15, -0.1) is 0 Å². The van der Waals surface area contributed by atoms with Gasteiger partial charge in [0.1, 0.15) is 0 Å². The molecule has 0 saturated heterocycles. The van der Waals surface area contributed by atoms with Crippen molar-refractivity contribution in [3.63, 3.8) is 0 Å². The molecule has 5 nitrogen and oxygen atoms in total. The number of carbonyl (C=O) groups excluding carboxylic acids is 2. The van der Waals surface area contributed by atoms with Gasteiger partial charge in [-0.25, -0.2) is 0 Å². The number of anilines is 1. The van der Waals surface area contributed by atoms with Crippen molar-refractivity contribution >= 4 is 17.5 Å². The van der Waals surface area contributed by atoms with Crippen molar-refractivity contribution in [1.82, 2.24) is 5.32 Å². The zero-order valence-corrected chi connectivity index (χ0v) is 16.2. The number of hydrogen-bond donors (Lipinski definition) is 3. The van der Waals surface area contributed by atoms with Gasteiger partial charge in [0.25, 0.3) is 0 Å².